The third-order valence-corrected chi connectivity index (χ3v) is 2.83. The Hall–Kier alpha value is -2.20. The first kappa shape index (κ1) is 12.3. The third kappa shape index (κ3) is 1.87. The summed E-state index contributed by atoms with van der Waals surface area (Å²) in [6.07, 6.45) is 0. The maximum atomic E-state index is 4.53. The van der Waals surface area contributed by atoms with Gasteiger partial charge in [-0.3, -0.25) is 0 Å². The maximum absolute atomic E-state index is 4.53. The van der Waals surface area contributed by atoms with Crippen molar-refractivity contribution in [3.05, 3.63) is 53.9 Å². The molecule has 3 aromatic rings. The molecule has 4 nitrogen and oxygen atoms in total. The van der Waals surface area contributed by atoms with E-state index in [2.05, 4.69) is 22.2 Å². The van der Waals surface area contributed by atoms with Crippen molar-refractivity contribution >= 4 is 5.65 Å². The minimum atomic E-state index is 0. The first-order chi connectivity index (χ1) is 8.25. The van der Waals surface area contributed by atoms with E-state index in [1.165, 1.54) is 0 Å². The number of nitrogens with zero attached hydrogens (tertiary/aromatic N) is 3. The molecule has 0 aliphatic rings. The highest BCUT2D eigenvalue weighted by Gasteiger charge is 2.11. The predicted octanol–water partition coefficient (Wildman–Crippen LogP) is 3.18. The highest BCUT2D eigenvalue weighted by molar-refractivity contribution is 5.66. The van der Waals surface area contributed by atoms with Crippen LogP contribution in [0.15, 0.2) is 42.5 Å². The second kappa shape index (κ2) is 4.58. The number of fused-ring (bicyclic) bond motifs is 1. The monoisotopic (exact) mass is 240 g/mol. The van der Waals surface area contributed by atoms with Gasteiger partial charge in [-0.25, -0.2) is 9.50 Å². The fourth-order valence-electron chi connectivity index (χ4n) is 2.06. The van der Waals surface area contributed by atoms with Crippen LogP contribution in [-0.2, 0) is 0 Å². The number of rotatable bonds is 1. The second-order valence-corrected chi connectivity index (χ2v) is 4.16. The van der Waals surface area contributed by atoms with Gasteiger partial charge in [0.2, 0.25) is 0 Å². The van der Waals surface area contributed by atoms with Crippen molar-refractivity contribution in [3.63, 3.8) is 0 Å². The highest BCUT2D eigenvalue weighted by Crippen LogP contribution is 2.23. The Kier molecular flexibility index (Phi) is 3.12. The van der Waals surface area contributed by atoms with Crippen LogP contribution >= 0.6 is 0 Å². The molecule has 2 heterocycles. The molecule has 0 bridgehead atoms. The van der Waals surface area contributed by atoms with Gasteiger partial charge in [0, 0.05) is 5.56 Å². The molecular formula is C14H16N4. The molecule has 92 valence electrons. The molecule has 0 aliphatic carbocycles. The van der Waals surface area contributed by atoms with Gasteiger partial charge in [0.1, 0.15) is 0 Å². The molecular weight excluding hydrogens is 224 g/mol. The SMILES string of the molecule is Cc1ccc2nc(C)c(-c3ccccc3)n2n1.N. The molecule has 3 rings (SSSR count). The first-order valence-corrected chi connectivity index (χ1v) is 5.64. The molecule has 0 radical (unpaired) electrons. The van der Waals surface area contributed by atoms with Crippen LogP contribution in [0, 0.1) is 13.8 Å². The molecule has 0 saturated carbocycles. The largest absolute Gasteiger partial charge is 0.344 e. The van der Waals surface area contributed by atoms with E-state index < -0.39 is 0 Å². The van der Waals surface area contributed by atoms with Gasteiger partial charge < -0.3 is 6.15 Å². The Balaban J connectivity index is 0.00000120. The topological polar surface area (TPSA) is 65.2 Å². The molecule has 2 aromatic heterocycles. The molecule has 0 spiro atoms. The fraction of sp³-hybridized carbons (Fsp3) is 0.143. The summed E-state index contributed by atoms with van der Waals surface area (Å²) in [7, 11) is 0. The van der Waals surface area contributed by atoms with Gasteiger partial charge in [-0.15, -0.1) is 0 Å². The fourth-order valence-corrected chi connectivity index (χ4v) is 2.06. The standard InChI is InChI=1S/C14H13N3.H3N/c1-10-8-9-13-15-11(2)14(17(13)16-10)12-6-4-3-5-7-12;/h3-9H,1-2H3;1H3. The minimum Gasteiger partial charge on any atom is -0.344 e. The quantitative estimate of drug-likeness (QED) is 0.710. The van der Waals surface area contributed by atoms with Crippen molar-refractivity contribution in [1.29, 1.82) is 0 Å². The van der Waals surface area contributed by atoms with E-state index in [0.29, 0.717) is 0 Å². The maximum Gasteiger partial charge on any atom is 0.154 e. The Morgan fingerprint density at radius 1 is 0.944 bits per heavy atom. The zero-order valence-electron chi connectivity index (χ0n) is 10.6. The van der Waals surface area contributed by atoms with Crippen LogP contribution < -0.4 is 6.15 Å². The second-order valence-electron chi connectivity index (χ2n) is 4.16. The van der Waals surface area contributed by atoms with E-state index in [9.17, 15) is 0 Å². The Labute approximate surface area is 106 Å². The number of hydrogen-bond acceptors (Lipinski definition) is 3. The lowest BCUT2D eigenvalue weighted by atomic mass is 10.1. The first-order valence-electron chi connectivity index (χ1n) is 5.64. The average molecular weight is 240 g/mol. The molecule has 4 heteroatoms. The van der Waals surface area contributed by atoms with Crippen LogP contribution in [0.3, 0.4) is 0 Å². The van der Waals surface area contributed by atoms with Crippen molar-refractivity contribution in [2.45, 2.75) is 13.8 Å². The zero-order valence-corrected chi connectivity index (χ0v) is 10.6. The van der Waals surface area contributed by atoms with Gasteiger partial charge in [0.25, 0.3) is 0 Å². The molecule has 18 heavy (non-hydrogen) atoms. The van der Waals surface area contributed by atoms with Crippen molar-refractivity contribution in [2.24, 2.45) is 0 Å². The van der Waals surface area contributed by atoms with E-state index in [0.717, 1.165) is 28.3 Å². The van der Waals surface area contributed by atoms with Crippen LogP contribution in [0.5, 0.6) is 0 Å². The van der Waals surface area contributed by atoms with Crippen LogP contribution in [0.1, 0.15) is 11.4 Å². The molecule has 1 aromatic carbocycles. The van der Waals surface area contributed by atoms with Crippen LogP contribution in [0.2, 0.25) is 0 Å². The molecule has 0 atom stereocenters. The normalized spacial score (nSPS) is 10.3. The molecule has 0 unspecified atom stereocenters. The summed E-state index contributed by atoms with van der Waals surface area (Å²) in [6, 6.07) is 14.2. The summed E-state index contributed by atoms with van der Waals surface area (Å²) in [5, 5.41) is 4.53. The number of hydrogen-bond donors (Lipinski definition) is 1. The lowest BCUT2D eigenvalue weighted by molar-refractivity contribution is 0.906. The summed E-state index contributed by atoms with van der Waals surface area (Å²) >= 11 is 0. The van der Waals surface area contributed by atoms with Gasteiger partial charge in [-0.2, -0.15) is 5.10 Å². The van der Waals surface area contributed by atoms with E-state index in [1.807, 2.05) is 48.7 Å². The summed E-state index contributed by atoms with van der Waals surface area (Å²) in [6.45, 7) is 4.01. The number of aryl methyl sites for hydroxylation is 2. The van der Waals surface area contributed by atoms with Gasteiger partial charge in [-0.1, -0.05) is 30.3 Å². The van der Waals surface area contributed by atoms with Crippen LogP contribution in [0.4, 0.5) is 0 Å². The van der Waals surface area contributed by atoms with Crippen LogP contribution in [-0.4, -0.2) is 14.6 Å². The van der Waals surface area contributed by atoms with Gasteiger partial charge in [0.15, 0.2) is 5.65 Å². The lowest BCUT2D eigenvalue weighted by Gasteiger charge is -2.02. The average Bonchev–Trinajstić information content (AvgIpc) is 2.65. The molecule has 0 saturated heterocycles. The summed E-state index contributed by atoms with van der Waals surface area (Å²) in [5.74, 6) is 0. The van der Waals surface area contributed by atoms with E-state index in [1.54, 1.807) is 0 Å². The summed E-state index contributed by atoms with van der Waals surface area (Å²) < 4.78 is 1.92. The Morgan fingerprint density at radius 3 is 2.39 bits per heavy atom. The van der Waals surface area contributed by atoms with E-state index >= 15 is 0 Å². The molecule has 0 aliphatic heterocycles. The van der Waals surface area contributed by atoms with Crippen LogP contribution in [0.25, 0.3) is 16.9 Å². The molecule has 0 amide bonds. The lowest BCUT2D eigenvalue weighted by Crippen LogP contribution is -1.96. The van der Waals surface area contributed by atoms with E-state index in [4.69, 9.17) is 0 Å². The Morgan fingerprint density at radius 2 is 1.67 bits per heavy atom. The third-order valence-electron chi connectivity index (χ3n) is 2.83. The summed E-state index contributed by atoms with van der Waals surface area (Å²) in [4.78, 5) is 4.53. The van der Waals surface area contributed by atoms with Gasteiger partial charge >= 0.3 is 0 Å². The van der Waals surface area contributed by atoms with Crippen molar-refractivity contribution in [2.75, 3.05) is 0 Å². The number of aromatic nitrogens is 3. The Bertz CT molecular complexity index is 671. The molecule has 3 N–H and O–H groups in total. The van der Waals surface area contributed by atoms with Gasteiger partial charge in [0.05, 0.1) is 17.1 Å². The van der Waals surface area contributed by atoms with Crippen molar-refractivity contribution in [3.8, 4) is 11.3 Å². The van der Waals surface area contributed by atoms with E-state index in [-0.39, 0.29) is 6.15 Å². The minimum absolute atomic E-state index is 0. The number of benzene rings is 1. The number of imidazole rings is 1. The van der Waals surface area contributed by atoms with Crippen molar-refractivity contribution in [1.82, 2.24) is 20.7 Å². The molecule has 0 fully saturated rings. The predicted molar refractivity (Wildman–Crippen MR) is 72.9 cm³/mol. The van der Waals surface area contributed by atoms with Gasteiger partial charge in [-0.05, 0) is 26.0 Å². The summed E-state index contributed by atoms with van der Waals surface area (Å²) in [5.41, 5.74) is 5.12. The smallest absolute Gasteiger partial charge is 0.154 e. The highest BCUT2D eigenvalue weighted by atomic mass is 15.3. The zero-order chi connectivity index (χ0) is 11.8. The van der Waals surface area contributed by atoms with Crippen molar-refractivity contribution < 1.29 is 0 Å².